The van der Waals surface area contributed by atoms with E-state index in [4.69, 9.17) is 0 Å². The molecule has 0 radical (unpaired) electrons. The molecule has 1 aliphatic carbocycles. The molecule has 1 heterocycles. The maximum absolute atomic E-state index is 3.58. The van der Waals surface area contributed by atoms with Crippen molar-refractivity contribution < 1.29 is 0 Å². The van der Waals surface area contributed by atoms with Gasteiger partial charge in [-0.3, -0.25) is 0 Å². The lowest BCUT2D eigenvalue weighted by Gasteiger charge is -2.07. The van der Waals surface area contributed by atoms with Crippen molar-refractivity contribution in [2.75, 3.05) is 5.75 Å². The molecular weight excluding hydrogens is 276 g/mol. The smallest absolute Gasteiger partial charge is 0.0322 e. The first kappa shape index (κ1) is 11.0. The molecule has 0 spiro atoms. The third kappa shape index (κ3) is 3.01. The van der Waals surface area contributed by atoms with Crippen LogP contribution in [0.3, 0.4) is 0 Å². The van der Waals surface area contributed by atoms with Gasteiger partial charge in [0.15, 0.2) is 0 Å². The monoisotopic (exact) mass is 290 g/mol. The topological polar surface area (TPSA) is 0 Å². The predicted molar refractivity (Wildman–Crippen MR) is 70.1 cm³/mol. The minimum atomic E-state index is 1.01. The number of thiophene rings is 1. The van der Waals surface area contributed by atoms with Gasteiger partial charge in [-0.25, -0.2) is 0 Å². The molecule has 0 unspecified atom stereocenters. The van der Waals surface area contributed by atoms with Crippen molar-refractivity contribution in [2.45, 2.75) is 31.4 Å². The Labute approximate surface area is 103 Å². The predicted octanol–water partition coefficient (Wildman–Crippen LogP) is 4.93. The van der Waals surface area contributed by atoms with Gasteiger partial charge >= 0.3 is 0 Å². The summed E-state index contributed by atoms with van der Waals surface area (Å²) >= 11 is 7.54. The number of thioether (sulfide) groups is 1. The molecule has 0 N–H and O–H groups in total. The molecule has 0 aliphatic heterocycles. The summed E-state index contributed by atoms with van der Waals surface area (Å²) in [6.07, 6.45) is 5.87. The molecule has 1 fully saturated rings. The highest BCUT2D eigenvalue weighted by Crippen LogP contribution is 2.31. The summed E-state index contributed by atoms with van der Waals surface area (Å²) in [4.78, 5) is 1.49. The first-order valence-electron chi connectivity index (χ1n) is 5.16. The van der Waals surface area contributed by atoms with Crippen LogP contribution in [0.15, 0.2) is 15.9 Å². The summed E-state index contributed by atoms with van der Waals surface area (Å²) in [5.74, 6) is 3.57. The molecular formula is C11H15BrS2. The van der Waals surface area contributed by atoms with E-state index in [-0.39, 0.29) is 0 Å². The number of rotatable bonds is 4. The number of hydrogen-bond acceptors (Lipinski definition) is 2. The number of hydrogen-bond donors (Lipinski definition) is 0. The van der Waals surface area contributed by atoms with Gasteiger partial charge in [-0.05, 0) is 51.9 Å². The van der Waals surface area contributed by atoms with E-state index in [1.807, 2.05) is 11.3 Å². The van der Waals surface area contributed by atoms with E-state index in [9.17, 15) is 0 Å². The molecule has 1 aliphatic rings. The maximum Gasteiger partial charge on any atom is 0.0322 e. The highest BCUT2D eigenvalue weighted by Gasteiger charge is 2.14. The summed E-state index contributed by atoms with van der Waals surface area (Å²) in [5.41, 5.74) is 0. The molecule has 1 saturated carbocycles. The highest BCUT2D eigenvalue weighted by molar-refractivity contribution is 9.10. The van der Waals surface area contributed by atoms with Crippen LogP contribution in [0.5, 0.6) is 0 Å². The molecule has 2 rings (SSSR count). The van der Waals surface area contributed by atoms with Crippen LogP contribution in [-0.2, 0) is 5.75 Å². The van der Waals surface area contributed by atoms with Crippen molar-refractivity contribution >= 4 is 39.0 Å². The van der Waals surface area contributed by atoms with Crippen LogP contribution >= 0.6 is 39.0 Å². The fraction of sp³-hybridized carbons (Fsp3) is 0.636. The Kier molecular flexibility index (Phi) is 4.39. The molecule has 0 saturated heterocycles. The molecule has 0 nitrogen and oxygen atoms in total. The fourth-order valence-corrected chi connectivity index (χ4v) is 5.03. The van der Waals surface area contributed by atoms with Crippen LogP contribution in [0.25, 0.3) is 0 Å². The zero-order valence-corrected chi connectivity index (χ0v) is 11.4. The van der Waals surface area contributed by atoms with Gasteiger partial charge in [-0.15, -0.1) is 11.3 Å². The SMILES string of the molecule is Brc1ccsc1CSCC1CCCC1. The third-order valence-corrected chi connectivity index (χ3v) is 6.06. The highest BCUT2D eigenvalue weighted by atomic mass is 79.9. The van der Waals surface area contributed by atoms with E-state index in [0.29, 0.717) is 0 Å². The van der Waals surface area contributed by atoms with Crippen LogP contribution in [0, 0.1) is 5.92 Å². The van der Waals surface area contributed by atoms with Gasteiger partial charge in [0.05, 0.1) is 0 Å². The zero-order chi connectivity index (χ0) is 9.80. The van der Waals surface area contributed by atoms with Crippen molar-refractivity contribution in [2.24, 2.45) is 5.92 Å². The van der Waals surface area contributed by atoms with Crippen molar-refractivity contribution in [3.63, 3.8) is 0 Å². The van der Waals surface area contributed by atoms with Crippen molar-refractivity contribution in [3.05, 3.63) is 20.8 Å². The molecule has 0 amide bonds. The molecule has 0 atom stereocenters. The first-order valence-corrected chi connectivity index (χ1v) is 7.98. The molecule has 78 valence electrons. The van der Waals surface area contributed by atoms with E-state index in [0.717, 1.165) is 5.92 Å². The Morgan fingerprint density at radius 3 is 2.86 bits per heavy atom. The average molecular weight is 291 g/mol. The third-order valence-electron chi connectivity index (χ3n) is 2.75. The van der Waals surface area contributed by atoms with Gasteiger partial charge in [0.2, 0.25) is 0 Å². The Morgan fingerprint density at radius 2 is 2.21 bits per heavy atom. The second-order valence-electron chi connectivity index (χ2n) is 3.86. The molecule has 0 aromatic carbocycles. The largest absolute Gasteiger partial charge is 0.156 e. The Hall–Kier alpha value is 0.530. The molecule has 0 bridgehead atoms. The lowest BCUT2D eigenvalue weighted by Crippen LogP contribution is -1.96. The first-order chi connectivity index (χ1) is 6.86. The number of halogens is 1. The van der Waals surface area contributed by atoms with Crippen LogP contribution in [0.2, 0.25) is 0 Å². The molecule has 14 heavy (non-hydrogen) atoms. The summed E-state index contributed by atoms with van der Waals surface area (Å²) in [6, 6.07) is 2.15. The molecule has 1 aromatic heterocycles. The summed E-state index contributed by atoms with van der Waals surface area (Å²) < 4.78 is 1.29. The standard InChI is InChI=1S/C11H15BrS2/c12-10-5-6-14-11(10)8-13-7-9-3-1-2-4-9/h5-6,9H,1-4,7-8H2. The van der Waals surface area contributed by atoms with E-state index in [1.54, 1.807) is 0 Å². The zero-order valence-electron chi connectivity index (χ0n) is 8.17. The fourth-order valence-electron chi connectivity index (χ4n) is 1.92. The maximum atomic E-state index is 3.58. The Morgan fingerprint density at radius 1 is 1.43 bits per heavy atom. The van der Waals surface area contributed by atoms with Crippen molar-refractivity contribution in [1.29, 1.82) is 0 Å². The molecule has 3 heteroatoms. The van der Waals surface area contributed by atoms with Gasteiger partial charge in [0.1, 0.15) is 0 Å². The summed E-state index contributed by atoms with van der Waals surface area (Å²) in [6.45, 7) is 0. The minimum absolute atomic E-state index is 1.01. The lowest BCUT2D eigenvalue weighted by atomic mass is 10.1. The Balaban J connectivity index is 1.70. The lowest BCUT2D eigenvalue weighted by molar-refractivity contribution is 0.623. The van der Waals surface area contributed by atoms with Crippen LogP contribution in [-0.4, -0.2) is 5.75 Å². The quantitative estimate of drug-likeness (QED) is 0.757. The Bertz CT molecular complexity index is 277. The minimum Gasteiger partial charge on any atom is -0.156 e. The second-order valence-corrected chi connectivity index (χ2v) is 6.74. The molecule has 1 aromatic rings. The van der Waals surface area contributed by atoms with Gasteiger partial charge in [-0.2, -0.15) is 11.8 Å². The van der Waals surface area contributed by atoms with Crippen LogP contribution < -0.4 is 0 Å². The van der Waals surface area contributed by atoms with Crippen molar-refractivity contribution in [1.82, 2.24) is 0 Å². The van der Waals surface area contributed by atoms with Gasteiger partial charge in [-0.1, -0.05) is 12.8 Å². The van der Waals surface area contributed by atoms with Gasteiger partial charge < -0.3 is 0 Å². The van der Waals surface area contributed by atoms with Crippen LogP contribution in [0.1, 0.15) is 30.6 Å². The second kappa shape index (κ2) is 5.57. The van der Waals surface area contributed by atoms with E-state index >= 15 is 0 Å². The van der Waals surface area contributed by atoms with E-state index in [1.165, 1.54) is 46.5 Å². The normalized spacial score (nSPS) is 17.8. The van der Waals surface area contributed by atoms with Gasteiger partial charge in [0.25, 0.3) is 0 Å². The van der Waals surface area contributed by atoms with Gasteiger partial charge in [0, 0.05) is 15.1 Å². The van der Waals surface area contributed by atoms with E-state index in [2.05, 4.69) is 39.1 Å². The summed E-state index contributed by atoms with van der Waals surface area (Å²) in [5, 5.41) is 2.16. The van der Waals surface area contributed by atoms with Crippen molar-refractivity contribution in [3.8, 4) is 0 Å². The average Bonchev–Trinajstić information content (AvgIpc) is 2.78. The van der Waals surface area contributed by atoms with Crippen LogP contribution in [0.4, 0.5) is 0 Å². The van der Waals surface area contributed by atoms with E-state index < -0.39 is 0 Å². The summed E-state index contributed by atoms with van der Waals surface area (Å²) in [7, 11) is 0.